The fourth-order valence-corrected chi connectivity index (χ4v) is 3.35. The molecule has 36 heavy (non-hydrogen) atoms. The molecule has 0 spiro atoms. The standard InChI is InChI=1S/C23H46N8O5/c1-5-14(4)17(25)20(33)31-18(13(2)3)21(34)29-15(9-6-7-11-24)19(32)30-16(22(35)36)10-8-12-28-23(26)27/h13-18H,5-12,24-25H2,1-4H3,(H,29,34)(H,30,32)(H,31,33)(H,35,36)(H4,26,27,28). The summed E-state index contributed by atoms with van der Waals surface area (Å²) in [5.74, 6) is -3.32. The van der Waals surface area contributed by atoms with Crippen molar-refractivity contribution in [1.82, 2.24) is 16.0 Å². The molecule has 0 radical (unpaired) electrons. The van der Waals surface area contributed by atoms with Crippen molar-refractivity contribution in [2.24, 2.45) is 39.8 Å². The predicted octanol–water partition coefficient (Wildman–Crippen LogP) is -1.26. The van der Waals surface area contributed by atoms with E-state index in [4.69, 9.17) is 22.9 Å². The van der Waals surface area contributed by atoms with E-state index in [1.807, 2.05) is 13.8 Å². The van der Waals surface area contributed by atoms with E-state index in [1.54, 1.807) is 13.8 Å². The number of carboxylic acids is 1. The molecule has 0 aromatic carbocycles. The first-order valence-electron chi connectivity index (χ1n) is 12.5. The number of aliphatic imine (C=N–C) groups is 1. The number of aliphatic carboxylic acids is 1. The van der Waals surface area contributed by atoms with Gasteiger partial charge in [-0.15, -0.1) is 0 Å². The Balaban J connectivity index is 5.45. The minimum atomic E-state index is -1.22. The largest absolute Gasteiger partial charge is 0.480 e. The van der Waals surface area contributed by atoms with Gasteiger partial charge in [0.25, 0.3) is 0 Å². The van der Waals surface area contributed by atoms with Crippen molar-refractivity contribution < 1.29 is 24.3 Å². The van der Waals surface area contributed by atoms with Gasteiger partial charge in [0.05, 0.1) is 6.04 Å². The number of nitrogens with one attached hydrogen (secondary N) is 3. The number of carboxylic acid groups (broad SMARTS) is 1. The highest BCUT2D eigenvalue weighted by molar-refractivity contribution is 5.94. The molecule has 0 saturated heterocycles. The zero-order chi connectivity index (χ0) is 27.8. The fraction of sp³-hybridized carbons (Fsp3) is 0.783. The summed E-state index contributed by atoms with van der Waals surface area (Å²) in [6.07, 6.45) is 2.54. The van der Waals surface area contributed by atoms with Crippen LogP contribution < -0.4 is 38.9 Å². The number of rotatable bonds is 18. The average molecular weight is 515 g/mol. The first kappa shape index (κ1) is 33.1. The molecule has 0 aliphatic heterocycles. The Morgan fingerprint density at radius 1 is 0.861 bits per heavy atom. The first-order valence-corrected chi connectivity index (χ1v) is 12.5. The van der Waals surface area contributed by atoms with Gasteiger partial charge in [-0.05, 0) is 50.5 Å². The summed E-state index contributed by atoms with van der Waals surface area (Å²) < 4.78 is 0. The summed E-state index contributed by atoms with van der Waals surface area (Å²) in [4.78, 5) is 54.1. The van der Waals surface area contributed by atoms with Crippen LogP contribution in [0.3, 0.4) is 0 Å². The molecule has 0 saturated carbocycles. The number of nitrogens with zero attached hydrogens (tertiary/aromatic N) is 1. The van der Waals surface area contributed by atoms with Crippen LogP contribution in [0.15, 0.2) is 4.99 Å². The number of carbonyl (C=O) groups is 4. The minimum absolute atomic E-state index is 0.0735. The van der Waals surface area contributed by atoms with Crippen molar-refractivity contribution in [2.75, 3.05) is 13.1 Å². The molecule has 0 fully saturated rings. The number of amides is 3. The molecule has 0 aromatic rings. The summed E-state index contributed by atoms with van der Waals surface area (Å²) in [7, 11) is 0. The van der Waals surface area contributed by atoms with Gasteiger partial charge in [-0.25, -0.2) is 4.79 Å². The van der Waals surface area contributed by atoms with Gasteiger partial charge in [-0.3, -0.25) is 19.4 Å². The zero-order valence-electron chi connectivity index (χ0n) is 22.0. The Kier molecular flexibility index (Phi) is 16.1. The van der Waals surface area contributed by atoms with E-state index in [1.165, 1.54) is 0 Å². The van der Waals surface area contributed by atoms with Crippen LogP contribution in [0.4, 0.5) is 0 Å². The van der Waals surface area contributed by atoms with E-state index in [2.05, 4.69) is 20.9 Å². The fourth-order valence-electron chi connectivity index (χ4n) is 3.35. The molecular formula is C23H46N8O5. The van der Waals surface area contributed by atoms with Crippen molar-refractivity contribution in [1.29, 1.82) is 0 Å². The second-order valence-electron chi connectivity index (χ2n) is 9.34. The van der Waals surface area contributed by atoms with Crippen molar-refractivity contribution in [3.63, 3.8) is 0 Å². The van der Waals surface area contributed by atoms with Gasteiger partial charge in [0.15, 0.2) is 5.96 Å². The minimum Gasteiger partial charge on any atom is -0.480 e. The van der Waals surface area contributed by atoms with Crippen molar-refractivity contribution in [2.45, 2.75) is 90.4 Å². The lowest BCUT2D eigenvalue weighted by molar-refractivity contribution is -0.142. The second kappa shape index (κ2) is 17.5. The maximum absolute atomic E-state index is 13.1. The molecule has 0 heterocycles. The summed E-state index contributed by atoms with van der Waals surface area (Å²) in [6.45, 7) is 7.92. The maximum atomic E-state index is 13.1. The van der Waals surface area contributed by atoms with Crippen LogP contribution >= 0.6 is 0 Å². The molecule has 3 amide bonds. The molecule has 12 N–H and O–H groups in total. The van der Waals surface area contributed by atoms with Gasteiger partial charge in [-0.1, -0.05) is 34.1 Å². The van der Waals surface area contributed by atoms with E-state index in [-0.39, 0.29) is 37.2 Å². The number of hydrogen-bond acceptors (Lipinski definition) is 7. The van der Waals surface area contributed by atoms with Gasteiger partial charge in [0, 0.05) is 6.54 Å². The smallest absolute Gasteiger partial charge is 0.326 e. The van der Waals surface area contributed by atoms with Crippen molar-refractivity contribution in [3.05, 3.63) is 0 Å². The number of unbranched alkanes of at least 4 members (excludes halogenated alkanes) is 1. The van der Waals surface area contributed by atoms with Crippen LogP contribution in [-0.2, 0) is 19.2 Å². The first-order chi connectivity index (χ1) is 16.8. The Labute approximate surface area is 213 Å². The summed E-state index contributed by atoms with van der Waals surface area (Å²) in [5.41, 5.74) is 22.1. The average Bonchev–Trinajstić information content (AvgIpc) is 2.81. The lowest BCUT2D eigenvalue weighted by Gasteiger charge is -2.28. The Morgan fingerprint density at radius 2 is 1.44 bits per heavy atom. The van der Waals surface area contributed by atoms with Crippen LogP contribution in [0.25, 0.3) is 0 Å². The van der Waals surface area contributed by atoms with Crippen molar-refractivity contribution >= 4 is 29.7 Å². The molecule has 0 rings (SSSR count). The molecule has 0 aliphatic rings. The molecule has 5 atom stereocenters. The third-order valence-electron chi connectivity index (χ3n) is 5.95. The van der Waals surface area contributed by atoms with Crippen LogP contribution in [0.1, 0.15) is 66.2 Å². The molecule has 13 heteroatoms. The van der Waals surface area contributed by atoms with Gasteiger partial charge in [-0.2, -0.15) is 0 Å². The lowest BCUT2D eigenvalue weighted by Crippen LogP contribution is -2.58. The highest BCUT2D eigenvalue weighted by Gasteiger charge is 2.32. The predicted molar refractivity (Wildman–Crippen MR) is 139 cm³/mol. The molecule has 5 unspecified atom stereocenters. The van der Waals surface area contributed by atoms with E-state index in [0.717, 1.165) is 0 Å². The summed E-state index contributed by atoms with van der Waals surface area (Å²) >= 11 is 0. The topological polar surface area (TPSA) is 241 Å². The van der Waals surface area contributed by atoms with E-state index in [9.17, 15) is 24.3 Å². The molecule has 0 aromatic heterocycles. The van der Waals surface area contributed by atoms with E-state index in [0.29, 0.717) is 32.2 Å². The van der Waals surface area contributed by atoms with Gasteiger partial charge in [0.2, 0.25) is 17.7 Å². The maximum Gasteiger partial charge on any atom is 0.326 e. The van der Waals surface area contributed by atoms with Crippen LogP contribution in [0.2, 0.25) is 0 Å². The zero-order valence-corrected chi connectivity index (χ0v) is 22.0. The third kappa shape index (κ3) is 12.7. The van der Waals surface area contributed by atoms with Crippen LogP contribution in [0.5, 0.6) is 0 Å². The van der Waals surface area contributed by atoms with E-state index < -0.39 is 47.9 Å². The lowest BCUT2D eigenvalue weighted by atomic mass is 9.97. The number of hydrogen-bond donors (Lipinski definition) is 8. The molecule has 0 bridgehead atoms. The Bertz CT molecular complexity index is 742. The number of nitrogens with two attached hydrogens (primary N) is 4. The summed E-state index contributed by atoms with van der Waals surface area (Å²) in [5, 5.41) is 17.4. The normalized spacial score (nSPS) is 15.2. The molecular weight excluding hydrogens is 468 g/mol. The number of carbonyl (C=O) groups excluding carboxylic acids is 3. The van der Waals surface area contributed by atoms with Crippen molar-refractivity contribution in [3.8, 4) is 0 Å². The third-order valence-corrected chi connectivity index (χ3v) is 5.95. The molecule has 0 aliphatic carbocycles. The van der Waals surface area contributed by atoms with Crippen LogP contribution in [-0.4, -0.2) is 72.0 Å². The SMILES string of the molecule is CCC(C)C(N)C(=O)NC(C(=O)NC(CCCCN)C(=O)NC(CCCN=C(N)N)C(=O)O)C(C)C. The van der Waals surface area contributed by atoms with Gasteiger partial charge < -0.3 is 44.0 Å². The highest BCUT2D eigenvalue weighted by Crippen LogP contribution is 2.10. The number of guanidine groups is 1. The quantitative estimate of drug-likeness (QED) is 0.0617. The Morgan fingerprint density at radius 3 is 1.94 bits per heavy atom. The molecule has 13 nitrogen and oxygen atoms in total. The van der Waals surface area contributed by atoms with E-state index >= 15 is 0 Å². The Hall–Kier alpha value is -2.93. The van der Waals surface area contributed by atoms with Crippen LogP contribution in [0, 0.1) is 11.8 Å². The second-order valence-corrected chi connectivity index (χ2v) is 9.34. The van der Waals surface area contributed by atoms with Gasteiger partial charge in [0.1, 0.15) is 18.1 Å². The molecule has 208 valence electrons. The van der Waals surface area contributed by atoms with Gasteiger partial charge >= 0.3 is 5.97 Å². The summed E-state index contributed by atoms with van der Waals surface area (Å²) in [6, 6.07) is -3.89. The highest BCUT2D eigenvalue weighted by atomic mass is 16.4. The monoisotopic (exact) mass is 514 g/mol.